The van der Waals surface area contributed by atoms with Gasteiger partial charge in [-0.05, 0) is 20.8 Å². The quantitative estimate of drug-likeness (QED) is 0.287. The second-order valence-corrected chi connectivity index (χ2v) is 2.87. The Balaban J connectivity index is 3.81. The predicted molar refractivity (Wildman–Crippen MR) is 50.9 cm³/mol. The molecule has 0 fully saturated rings. The van der Waals surface area contributed by atoms with Crippen molar-refractivity contribution in [3.05, 3.63) is 22.9 Å². The molecule has 0 saturated heterocycles. The molecule has 70 valence electrons. The highest BCUT2D eigenvalue weighted by molar-refractivity contribution is 6.32. The molecule has 3 heteroatoms. The minimum absolute atomic E-state index is 0.207. The van der Waals surface area contributed by atoms with E-state index in [1.807, 2.05) is 20.8 Å². The summed E-state index contributed by atoms with van der Waals surface area (Å²) in [5.74, 6) is 0.463. The Morgan fingerprint density at radius 1 is 1.42 bits per heavy atom. The summed E-state index contributed by atoms with van der Waals surface area (Å²) in [6.45, 7) is 10.2. The number of halogens is 1. The van der Waals surface area contributed by atoms with Crippen molar-refractivity contribution in [2.24, 2.45) is 0 Å². The van der Waals surface area contributed by atoms with Crippen LogP contribution < -0.4 is 0 Å². The topological polar surface area (TPSA) is 18.5 Å². The van der Waals surface area contributed by atoms with Crippen LogP contribution in [0.15, 0.2) is 22.9 Å². The van der Waals surface area contributed by atoms with Crippen LogP contribution in [0.2, 0.25) is 0 Å². The van der Waals surface area contributed by atoms with Crippen molar-refractivity contribution in [3.63, 3.8) is 0 Å². The summed E-state index contributed by atoms with van der Waals surface area (Å²) in [6.07, 6.45) is 0. The van der Waals surface area contributed by atoms with Gasteiger partial charge in [0.1, 0.15) is 5.76 Å². The maximum Gasteiger partial charge on any atom is 0.189 e. The normalized spacial score (nSPS) is 9.33. The summed E-state index contributed by atoms with van der Waals surface area (Å²) in [5.41, 5.74) is 0.984. The molecule has 0 rings (SSSR count). The summed E-state index contributed by atoms with van der Waals surface area (Å²) >= 11 is 5.84. The number of ether oxygens (including phenoxy) is 2. The maximum atomic E-state index is 5.84. The Morgan fingerprint density at radius 2 is 2.00 bits per heavy atom. The average Bonchev–Trinajstić information content (AvgIpc) is 2.03. The largest absolute Gasteiger partial charge is 0.467 e. The van der Waals surface area contributed by atoms with Crippen molar-refractivity contribution in [1.29, 1.82) is 0 Å². The highest BCUT2D eigenvalue weighted by Crippen LogP contribution is 2.18. The van der Waals surface area contributed by atoms with Crippen molar-refractivity contribution in [2.75, 3.05) is 13.4 Å². The van der Waals surface area contributed by atoms with Crippen molar-refractivity contribution >= 4 is 11.6 Å². The monoisotopic (exact) mass is 190 g/mol. The van der Waals surface area contributed by atoms with Gasteiger partial charge in [0.2, 0.25) is 0 Å². The molecule has 12 heavy (non-hydrogen) atoms. The van der Waals surface area contributed by atoms with Gasteiger partial charge in [-0.15, -0.1) is 0 Å². The van der Waals surface area contributed by atoms with Crippen molar-refractivity contribution in [3.8, 4) is 0 Å². The van der Waals surface area contributed by atoms with Gasteiger partial charge < -0.3 is 9.47 Å². The Labute approximate surface area is 78.8 Å². The van der Waals surface area contributed by atoms with Gasteiger partial charge in [-0.2, -0.15) is 0 Å². The zero-order chi connectivity index (χ0) is 9.56. The second kappa shape index (κ2) is 6.09. The highest BCUT2D eigenvalue weighted by Gasteiger charge is 2.01. The van der Waals surface area contributed by atoms with Crippen LogP contribution in [-0.4, -0.2) is 13.4 Å². The first kappa shape index (κ1) is 11.5. The molecule has 0 aliphatic rings. The lowest BCUT2D eigenvalue weighted by molar-refractivity contribution is -0.0137. The third kappa shape index (κ3) is 4.42. The lowest BCUT2D eigenvalue weighted by Crippen LogP contribution is -1.99. The fourth-order valence-corrected chi connectivity index (χ4v) is 0.593. The Kier molecular flexibility index (Phi) is 5.85. The van der Waals surface area contributed by atoms with Crippen LogP contribution in [0.4, 0.5) is 0 Å². The minimum Gasteiger partial charge on any atom is -0.467 e. The number of hydrogen-bond acceptors (Lipinski definition) is 2. The summed E-state index contributed by atoms with van der Waals surface area (Å²) in [4.78, 5) is 0. The van der Waals surface area contributed by atoms with Crippen LogP contribution in [0, 0.1) is 0 Å². The molecule has 0 N–H and O–H groups in total. The fourth-order valence-electron chi connectivity index (χ4n) is 0.538. The molecule has 0 spiro atoms. The van der Waals surface area contributed by atoms with Crippen LogP contribution in [0.5, 0.6) is 0 Å². The van der Waals surface area contributed by atoms with E-state index in [1.165, 1.54) is 0 Å². The molecular weight excluding hydrogens is 176 g/mol. The van der Waals surface area contributed by atoms with Crippen molar-refractivity contribution in [2.45, 2.75) is 20.8 Å². The first-order chi connectivity index (χ1) is 5.59. The van der Waals surface area contributed by atoms with Crippen LogP contribution in [-0.2, 0) is 9.47 Å². The molecule has 0 saturated carbocycles. The predicted octanol–water partition coefficient (Wildman–Crippen LogP) is 3.04. The van der Waals surface area contributed by atoms with Crippen LogP contribution in [0.3, 0.4) is 0 Å². The second-order valence-electron chi connectivity index (χ2n) is 2.49. The van der Waals surface area contributed by atoms with E-state index in [9.17, 15) is 0 Å². The summed E-state index contributed by atoms with van der Waals surface area (Å²) in [6, 6.07) is 0. The van der Waals surface area contributed by atoms with E-state index in [2.05, 4.69) is 6.58 Å². The molecule has 0 amide bonds. The van der Waals surface area contributed by atoms with Gasteiger partial charge in [0.15, 0.2) is 6.79 Å². The molecule has 0 radical (unpaired) electrons. The van der Waals surface area contributed by atoms with E-state index < -0.39 is 0 Å². The van der Waals surface area contributed by atoms with E-state index in [-0.39, 0.29) is 6.79 Å². The number of hydrogen-bond donors (Lipinski definition) is 0. The standard InChI is InChI=1S/C9H15ClO2/c1-5-11-6-12-8(4)9(10)7(2)3/h4-6H2,1-3H3. The van der Waals surface area contributed by atoms with E-state index in [1.54, 1.807) is 0 Å². The van der Waals surface area contributed by atoms with Gasteiger partial charge in [-0.1, -0.05) is 23.8 Å². The van der Waals surface area contributed by atoms with Crippen molar-refractivity contribution in [1.82, 2.24) is 0 Å². The van der Waals surface area contributed by atoms with E-state index >= 15 is 0 Å². The molecule has 0 unspecified atom stereocenters. The molecular formula is C9H15ClO2. The molecule has 0 aromatic heterocycles. The number of rotatable bonds is 5. The van der Waals surface area contributed by atoms with E-state index in [0.29, 0.717) is 17.4 Å². The summed E-state index contributed by atoms with van der Waals surface area (Å²) < 4.78 is 10.1. The van der Waals surface area contributed by atoms with Gasteiger partial charge in [-0.25, -0.2) is 0 Å². The fraction of sp³-hybridized carbons (Fsp3) is 0.556. The van der Waals surface area contributed by atoms with Gasteiger partial charge in [0, 0.05) is 6.61 Å². The van der Waals surface area contributed by atoms with E-state index in [4.69, 9.17) is 21.1 Å². The van der Waals surface area contributed by atoms with Gasteiger partial charge in [0.25, 0.3) is 0 Å². The van der Waals surface area contributed by atoms with Gasteiger partial charge >= 0.3 is 0 Å². The first-order valence-corrected chi connectivity index (χ1v) is 4.20. The molecule has 0 aromatic carbocycles. The molecule has 0 heterocycles. The first-order valence-electron chi connectivity index (χ1n) is 3.82. The lowest BCUT2D eigenvalue weighted by Gasteiger charge is -2.08. The average molecular weight is 191 g/mol. The zero-order valence-corrected chi connectivity index (χ0v) is 8.57. The van der Waals surface area contributed by atoms with Gasteiger partial charge in [0.05, 0.1) is 5.03 Å². The summed E-state index contributed by atoms with van der Waals surface area (Å²) in [5, 5.41) is 0.565. The van der Waals surface area contributed by atoms with Gasteiger partial charge in [-0.3, -0.25) is 0 Å². The Hall–Kier alpha value is -0.470. The lowest BCUT2D eigenvalue weighted by atomic mass is 10.3. The smallest absolute Gasteiger partial charge is 0.189 e. The number of allylic oxidation sites excluding steroid dienone is 2. The van der Waals surface area contributed by atoms with Crippen LogP contribution >= 0.6 is 11.6 Å². The van der Waals surface area contributed by atoms with Crippen LogP contribution in [0.1, 0.15) is 20.8 Å². The minimum atomic E-state index is 0.207. The molecule has 0 atom stereocenters. The third-order valence-corrected chi connectivity index (χ3v) is 1.79. The molecule has 0 aliphatic carbocycles. The Morgan fingerprint density at radius 3 is 2.42 bits per heavy atom. The maximum absolute atomic E-state index is 5.84. The highest BCUT2D eigenvalue weighted by atomic mass is 35.5. The van der Waals surface area contributed by atoms with Crippen LogP contribution in [0.25, 0.3) is 0 Å². The SMILES string of the molecule is C=C(OCOCC)C(Cl)=C(C)C. The summed E-state index contributed by atoms with van der Waals surface area (Å²) in [7, 11) is 0. The van der Waals surface area contributed by atoms with E-state index in [0.717, 1.165) is 5.57 Å². The molecule has 0 aliphatic heterocycles. The zero-order valence-electron chi connectivity index (χ0n) is 7.82. The molecule has 0 bridgehead atoms. The van der Waals surface area contributed by atoms with Crippen molar-refractivity contribution < 1.29 is 9.47 Å². The molecule has 0 aromatic rings. The molecule has 2 nitrogen and oxygen atoms in total. The third-order valence-electron chi connectivity index (χ3n) is 1.20. The Bertz CT molecular complexity index is 181.